The van der Waals surface area contributed by atoms with Gasteiger partial charge in [0.15, 0.2) is 28.3 Å². The van der Waals surface area contributed by atoms with Gasteiger partial charge in [-0.15, -0.1) is 10.2 Å². The van der Waals surface area contributed by atoms with Gasteiger partial charge in [-0.25, -0.2) is 4.98 Å². The van der Waals surface area contributed by atoms with Gasteiger partial charge in [0.2, 0.25) is 0 Å². The summed E-state index contributed by atoms with van der Waals surface area (Å²) in [6, 6.07) is 6.13. The van der Waals surface area contributed by atoms with Crippen molar-refractivity contribution in [3.05, 3.63) is 56.7 Å². The Morgan fingerprint density at radius 1 is 1.12 bits per heavy atom. The molecular weight excluding hydrogens is 506 g/mol. The Morgan fingerprint density at radius 3 is 2.48 bits per heavy atom. The minimum Gasteiger partial charge on any atom is -0.441 e. The zero-order valence-corrected chi connectivity index (χ0v) is 18.9. The molecule has 14 heteroatoms. The third-order valence-corrected chi connectivity index (χ3v) is 6.27. The highest BCUT2D eigenvalue weighted by molar-refractivity contribution is 6.39. The van der Waals surface area contributed by atoms with Crippen molar-refractivity contribution in [2.45, 2.75) is 19.0 Å². The molecule has 1 N–H and O–H groups in total. The van der Waals surface area contributed by atoms with Gasteiger partial charge >= 0.3 is 6.18 Å². The van der Waals surface area contributed by atoms with Crippen molar-refractivity contribution in [3.8, 4) is 17.3 Å². The number of furan rings is 1. The third kappa shape index (κ3) is 3.73. The maximum atomic E-state index is 13.7. The molecule has 0 bridgehead atoms. The number of aromatic nitrogens is 6. The molecule has 0 amide bonds. The van der Waals surface area contributed by atoms with Crippen molar-refractivity contribution in [3.63, 3.8) is 0 Å². The second kappa shape index (κ2) is 7.93. The SMILES string of the molecule is Cc1c(C(F)(F)F)nc(-c2ccc(Cl)o2)n1-c1c(Cl)ccc(N2CC(c3nn[nH]n3)C2)c1Cl. The molecule has 0 radical (unpaired) electrons. The van der Waals surface area contributed by atoms with Crippen molar-refractivity contribution in [1.29, 1.82) is 0 Å². The number of hydrogen-bond donors (Lipinski definition) is 1. The first kappa shape index (κ1) is 22.1. The summed E-state index contributed by atoms with van der Waals surface area (Å²) in [7, 11) is 0. The fraction of sp³-hybridized carbons (Fsp3) is 0.263. The number of aromatic amines is 1. The number of nitrogens with zero attached hydrogens (tertiary/aromatic N) is 6. The lowest BCUT2D eigenvalue weighted by molar-refractivity contribution is -0.141. The monoisotopic (exact) mass is 517 g/mol. The van der Waals surface area contributed by atoms with Crippen LogP contribution in [0.15, 0.2) is 28.7 Å². The van der Waals surface area contributed by atoms with E-state index in [4.69, 9.17) is 39.2 Å². The summed E-state index contributed by atoms with van der Waals surface area (Å²) in [6.45, 7) is 2.40. The Balaban J connectivity index is 1.62. The van der Waals surface area contributed by atoms with Crippen molar-refractivity contribution in [2.24, 2.45) is 0 Å². The predicted molar refractivity (Wildman–Crippen MR) is 115 cm³/mol. The Labute approximate surface area is 199 Å². The standard InChI is InChI=1S/C19H13Cl3F3N7O/c1-8-16(19(23,24)25)26-18(12-4-5-13(21)33-12)32(8)15-10(20)2-3-11(14(15)22)31-6-9(7-31)17-27-29-30-28-17/h2-5,9H,6-7H2,1H3,(H,27,28,29,30). The van der Waals surface area contributed by atoms with Gasteiger partial charge in [0, 0.05) is 13.1 Å². The first-order valence-corrected chi connectivity index (χ1v) is 10.7. The van der Waals surface area contributed by atoms with Crippen LogP contribution in [0.5, 0.6) is 0 Å². The van der Waals surface area contributed by atoms with E-state index in [-0.39, 0.29) is 44.1 Å². The van der Waals surface area contributed by atoms with Crippen LogP contribution in [-0.4, -0.2) is 43.3 Å². The molecule has 4 heterocycles. The Morgan fingerprint density at radius 2 is 1.88 bits per heavy atom. The molecule has 0 aliphatic carbocycles. The van der Waals surface area contributed by atoms with Crippen molar-refractivity contribution >= 4 is 40.5 Å². The molecule has 1 saturated heterocycles. The molecule has 0 unspecified atom stereocenters. The number of anilines is 1. The largest absolute Gasteiger partial charge is 0.441 e. The molecule has 4 aromatic rings. The zero-order chi connectivity index (χ0) is 23.5. The molecule has 0 spiro atoms. The average Bonchev–Trinajstić information content (AvgIpc) is 3.44. The lowest BCUT2D eigenvalue weighted by atomic mass is 9.98. The fourth-order valence-electron chi connectivity index (χ4n) is 3.80. The summed E-state index contributed by atoms with van der Waals surface area (Å²) < 4.78 is 47.7. The van der Waals surface area contributed by atoms with E-state index in [0.29, 0.717) is 24.6 Å². The van der Waals surface area contributed by atoms with Crippen LogP contribution in [0.1, 0.15) is 23.1 Å². The smallest absolute Gasteiger partial charge is 0.435 e. The van der Waals surface area contributed by atoms with E-state index in [2.05, 4.69) is 25.6 Å². The van der Waals surface area contributed by atoms with Gasteiger partial charge in [0.25, 0.3) is 0 Å². The van der Waals surface area contributed by atoms with Gasteiger partial charge in [0.1, 0.15) is 0 Å². The second-order valence-corrected chi connectivity index (χ2v) is 8.57. The fourth-order valence-corrected chi connectivity index (χ4v) is 4.61. The summed E-state index contributed by atoms with van der Waals surface area (Å²) in [4.78, 5) is 5.75. The Bertz CT molecular complexity index is 1330. The average molecular weight is 519 g/mol. The number of benzene rings is 1. The molecule has 0 atom stereocenters. The van der Waals surface area contributed by atoms with Crippen molar-refractivity contribution in [2.75, 3.05) is 18.0 Å². The molecule has 0 saturated carbocycles. The number of nitrogens with one attached hydrogen (secondary N) is 1. The number of rotatable bonds is 4. The molecule has 172 valence electrons. The number of alkyl halides is 3. The predicted octanol–water partition coefficient (Wildman–Crippen LogP) is 5.54. The van der Waals surface area contributed by atoms with Gasteiger partial charge in [-0.2, -0.15) is 18.4 Å². The van der Waals surface area contributed by atoms with Crippen molar-refractivity contribution < 1.29 is 17.6 Å². The minimum absolute atomic E-state index is 0.00444. The van der Waals surface area contributed by atoms with Crippen LogP contribution in [0.25, 0.3) is 17.3 Å². The van der Waals surface area contributed by atoms with Crippen LogP contribution in [0.2, 0.25) is 15.3 Å². The summed E-state index contributed by atoms with van der Waals surface area (Å²) in [6.07, 6.45) is -4.70. The number of tetrazole rings is 1. The minimum atomic E-state index is -4.70. The highest BCUT2D eigenvalue weighted by Gasteiger charge is 2.40. The van der Waals surface area contributed by atoms with Gasteiger partial charge in [0.05, 0.1) is 33.0 Å². The van der Waals surface area contributed by atoms with Crippen LogP contribution in [0.3, 0.4) is 0 Å². The van der Waals surface area contributed by atoms with Crippen molar-refractivity contribution in [1.82, 2.24) is 30.2 Å². The molecule has 8 nitrogen and oxygen atoms in total. The van der Waals surface area contributed by atoms with Gasteiger partial charge in [-0.1, -0.05) is 28.4 Å². The van der Waals surface area contributed by atoms with Gasteiger partial charge in [-0.3, -0.25) is 4.57 Å². The molecule has 3 aromatic heterocycles. The van der Waals surface area contributed by atoms with Crippen LogP contribution >= 0.6 is 34.8 Å². The van der Waals surface area contributed by atoms with E-state index in [9.17, 15) is 13.2 Å². The molecule has 1 aliphatic heterocycles. The van der Waals surface area contributed by atoms with Crippen LogP contribution in [0, 0.1) is 6.92 Å². The van der Waals surface area contributed by atoms with Crippen LogP contribution in [-0.2, 0) is 6.18 Å². The Kier molecular flexibility index (Phi) is 5.30. The highest BCUT2D eigenvalue weighted by atomic mass is 35.5. The highest BCUT2D eigenvalue weighted by Crippen LogP contribution is 2.44. The lowest BCUT2D eigenvalue weighted by Crippen LogP contribution is -2.45. The number of imidazole rings is 1. The van der Waals surface area contributed by atoms with Gasteiger partial charge < -0.3 is 9.32 Å². The maximum absolute atomic E-state index is 13.7. The molecule has 33 heavy (non-hydrogen) atoms. The zero-order valence-electron chi connectivity index (χ0n) is 16.7. The first-order chi connectivity index (χ1) is 15.6. The van der Waals surface area contributed by atoms with E-state index in [1.54, 1.807) is 12.1 Å². The summed E-state index contributed by atoms with van der Waals surface area (Å²) in [5, 5.41) is 14.3. The summed E-state index contributed by atoms with van der Waals surface area (Å²) in [5.74, 6) is 0.540. The van der Waals surface area contributed by atoms with Crippen LogP contribution < -0.4 is 4.90 Å². The van der Waals surface area contributed by atoms with E-state index >= 15 is 0 Å². The van der Waals surface area contributed by atoms with E-state index < -0.39 is 11.9 Å². The van der Waals surface area contributed by atoms with E-state index in [0.717, 1.165) is 0 Å². The Hall–Kier alpha value is -2.76. The summed E-state index contributed by atoms with van der Waals surface area (Å²) in [5.41, 5.74) is -0.523. The third-order valence-electron chi connectivity index (χ3n) is 5.39. The second-order valence-electron chi connectivity index (χ2n) is 7.41. The number of halogens is 6. The molecule has 5 rings (SSSR count). The molecular formula is C19H13Cl3F3N7O. The molecule has 1 aliphatic rings. The lowest BCUT2D eigenvalue weighted by Gasteiger charge is -2.40. The maximum Gasteiger partial charge on any atom is 0.435 e. The van der Waals surface area contributed by atoms with Gasteiger partial charge in [-0.05, 0) is 42.8 Å². The van der Waals surface area contributed by atoms with Crippen LogP contribution in [0.4, 0.5) is 18.9 Å². The summed E-state index contributed by atoms with van der Waals surface area (Å²) >= 11 is 19.0. The topological polar surface area (TPSA) is 88.7 Å². The van der Waals surface area contributed by atoms with E-state index in [1.165, 1.54) is 23.6 Å². The number of hydrogen-bond acceptors (Lipinski definition) is 6. The first-order valence-electron chi connectivity index (χ1n) is 9.54. The molecule has 1 fully saturated rings. The quantitative estimate of drug-likeness (QED) is 0.382. The molecule has 1 aromatic carbocycles. The van der Waals surface area contributed by atoms with E-state index in [1.807, 2.05) is 4.90 Å². The number of H-pyrrole nitrogens is 1. The normalized spacial score (nSPS) is 14.7.